The maximum absolute atomic E-state index is 11.9. The van der Waals surface area contributed by atoms with E-state index in [9.17, 15) is 4.79 Å². The van der Waals surface area contributed by atoms with Crippen molar-refractivity contribution >= 4 is 35.0 Å². The van der Waals surface area contributed by atoms with Crippen molar-refractivity contribution in [2.75, 3.05) is 11.1 Å². The van der Waals surface area contributed by atoms with Crippen LogP contribution in [0.1, 0.15) is 27.5 Å². The second-order valence-electron chi connectivity index (χ2n) is 5.33. The number of aryl methyl sites for hydroxylation is 2. The first-order chi connectivity index (χ1) is 10.0. The topological polar surface area (TPSA) is 29.1 Å². The number of hydrogen-bond acceptors (Lipinski definition) is 2. The minimum Gasteiger partial charge on any atom is -0.325 e. The molecule has 0 aromatic heterocycles. The maximum atomic E-state index is 11.9. The summed E-state index contributed by atoms with van der Waals surface area (Å²) in [4.78, 5) is 11.9. The molecule has 0 radical (unpaired) electrons. The SMILES string of the molecule is Cc1ccc(C)c(C2SCC(=O)Nc3ccc(Cl)cc32)c1. The van der Waals surface area contributed by atoms with Gasteiger partial charge in [-0.15, -0.1) is 11.8 Å². The molecule has 0 bridgehead atoms. The van der Waals surface area contributed by atoms with E-state index in [0.717, 1.165) is 11.3 Å². The monoisotopic (exact) mass is 317 g/mol. The van der Waals surface area contributed by atoms with E-state index in [0.29, 0.717) is 10.8 Å². The third-order valence-electron chi connectivity index (χ3n) is 3.67. The molecule has 1 N–H and O–H groups in total. The zero-order valence-corrected chi connectivity index (χ0v) is 13.5. The summed E-state index contributed by atoms with van der Waals surface area (Å²) in [6.45, 7) is 4.20. The number of benzene rings is 2. The third kappa shape index (κ3) is 2.94. The number of anilines is 1. The number of rotatable bonds is 1. The number of amides is 1. The number of carbonyl (C=O) groups excluding carboxylic acids is 1. The van der Waals surface area contributed by atoms with Crippen molar-refractivity contribution in [2.24, 2.45) is 0 Å². The van der Waals surface area contributed by atoms with Gasteiger partial charge in [-0.1, -0.05) is 35.4 Å². The molecule has 2 aromatic rings. The zero-order chi connectivity index (χ0) is 15.0. The highest BCUT2D eigenvalue weighted by Crippen LogP contribution is 2.43. The Morgan fingerprint density at radius 1 is 1.14 bits per heavy atom. The van der Waals surface area contributed by atoms with Crippen LogP contribution in [-0.2, 0) is 4.79 Å². The van der Waals surface area contributed by atoms with E-state index in [1.54, 1.807) is 11.8 Å². The largest absolute Gasteiger partial charge is 0.325 e. The van der Waals surface area contributed by atoms with E-state index in [1.165, 1.54) is 16.7 Å². The van der Waals surface area contributed by atoms with Crippen LogP contribution in [0.15, 0.2) is 36.4 Å². The molecular weight excluding hydrogens is 302 g/mol. The molecule has 0 fully saturated rings. The van der Waals surface area contributed by atoms with Crippen LogP contribution in [0.2, 0.25) is 5.02 Å². The molecule has 0 saturated carbocycles. The lowest BCUT2D eigenvalue weighted by molar-refractivity contribution is -0.113. The fourth-order valence-corrected chi connectivity index (χ4v) is 3.98. The Bertz CT molecular complexity index is 714. The van der Waals surface area contributed by atoms with E-state index in [2.05, 4.69) is 37.4 Å². The Morgan fingerprint density at radius 3 is 2.76 bits per heavy atom. The minimum absolute atomic E-state index is 0.0383. The van der Waals surface area contributed by atoms with Gasteiger partial charge in [0.15, 0.2) is 0 Å². The van der Waals surface area contributed by atoms with Gasteiger partial charge in [0.2, 0.25) is 5.91 Å². The lowest BCUT2D eigenvalue weighted by Gasteiger charge is -2.20. The molecule has 1 heterocycles. The van der Waals surface area contributed by atoms with Gasteiger partial charge in [-0.25, -0.2) is 0 Å². The van der Waals surface area contributed by atoms with E-state index < -0.39 is 0 Å². The predicted octanol–water partition coefficient (Wildman–Crippen LogP) is 4.73. The summed E-state index contributed by atoms with van der Waals surface area (Å²) in [6, 6.07) is 12.1. The summed E-state index contributed by atoms with van der Waals surface area (Å²) in [5, 5.41) is 3.78. The highest BCUT2D eigenvalue weighted by atomic mass is 35.5. The Kier molecular flexibility index (Phi) is 3.96. The first-order valence-electron chi connectivity index (χ1n) is 6.82. The Hall–Kier alpha value is -1.45. The second kappa shape index (κ2) is 5.74. The number of thioether (sulfide) groups is 1. The van der Waals surface area contributed by atoms with Crippen molar-refractivity contribution < 1.29 is 4.79 Å². The lowest BCUT2D eigenvalue weighted by Crippen LogP contribution is -2.12. The van der Waals surface area contributed by atoms with Gasteiger partial charge < -0.3 is 5.32 Å². The van der Waals surface area contributed by atoms with Gasteiger partial charge in [-0.05, 0) is 48.7 Å². The smallest absolute Gasteiger partial charge is 0.234 e. The molecule has 0 spiro atoms. The molecule has 2 nitrogen and oxygen atoms in total. The average Bonchev–Trinajstić information content (AvgIpc) is 2.60. The molecule has 3 rings (SSSR count). The lowest BCUT2D eigenvalue weighted by atomic mass is 9.97. The van der Waals surface area contributed by atoms with Crippen molar-refractivity contribution in [1.82, 2.24) is 0 Å². The van der Waals surface area contributed by atoms with Gasteiger partial charge in [0.25, 0.3) is 0 Å². The van der Waals surface area contributed by atoms with Crippen molar-refractivity contribution in [3.05, 3.63) is 63.7 Å². The van der Waals surface area contributed by atoms with Crippen molar-refractivity contribution in [1.29, 1.82) is 0 Å². The fourth-order valence-electron chi connectivity index (χ4n) is 2.60. The van der Waals surface area contributed by atoms with Gasteiger partial charge in [0, 0.05) is 10.7 Å². The molecule has 108 valence electrons. The molecule has 1 aliphatic heterocycles. The predicted molar refractivity (Wildman–Crippen MR) is 90.3 cm³/mol. The summed E-state index contributed by atoms with van der Waals surface area (Å²) in [5.41, 5.74) is 5.65. The molecule has 1 aliphatic rings. The van der Waals surface area contributed by atoms with Crippen LogP contribution >= 0.6 is 23.4 Å². The van der Waals surface area contributed by atoms with Crippen LogP contribution in [0.5, 0.6) is 0 Å². The molecule has 21 heavy (non-hydrogen) atoms. The van der Waals surface area contributed by atoms with E-state index >= 15 is 0 Å². The Balaban J connectivity index is 2.16. The minimum atomic E-state index is 0.0383. The quantitative estimate of drug-likeness (QED) is 0.823. The molecule has 1 atom stereocenters. The van der Waals surface area contributed by atoms with Crippen LogP contribution in [0.3, 0.4) is 0 Å². The first kappa shape index (κ1) is 14.5. The summed E-state index contributed by atoms with van der Waals surface area (Å²) >= 11 is 7.82. The fraction of sp³-hybridized carbons (Fsp3) is 0.235. The Morgan fingerprint density at radius 2 is 1.95 bits per heavy atom. The highest BCUT2D eigenvalue weighted by Gasteiger charge is 2.25. The highest BCUT2D eigenvalue weighted by molar-refractivity contribution is 8.00. The molecule has 4 heteroatoms. The van der Waals surface area contributed by atoms with Gasteiger partial charge in [0.05, 0.1) is 11.0 Å². The number of fused-ring (bicyclic) bond motifs is 1. The molecule has 0 saturated heterocycles. The maximum Gasteiger partial charge on any atom is 0.234 e. The third-order valence-corrected chi connectivity index (χ3v) is 5.17. The van der Waals surface area contributed by atoms with Crippen molar-refractivity contribution in [3.8, 4) is 0 Å². The summed E-state index contributed by atoms with van der Waals surface area (Å²) in [7, 11) is 0. The first-order valence-corrected chi connectivity index (χ1v) is 8.25. The summed E-state index contributed by atoms with van der Waals surface area (Å²) < 4.78 is 0. The van der Waals surface area contributed by atoms with E-state index in [-0.39, 0.29) is 11.2 Å². The van der Waals surface area contributed by atoms with Crippen LogP contribution in [0, 0.1) is 13.8 Å². The van der Waals surface area contributed by atoms with Crippen LogP contribution in [0.25, 0.3) is 0 Å². The van der Waals surface area contributed by atoms with E-state index in [4.69, 9.17) is 11.6 Å². The molecule has 1 unspecified atom stereocenters. The zero-order valence-electron chi connectivity index (χ0n) is 11.9. The van der Waals surface area contributed by atoms with Gasteiger partial charge >= 0.3 is 0 Å². The summed E-state index contributed by atoms with van der Waals surface area (Å²) in [6.07, 6.45) is 0. The molecule has 0 aliphatic carbocycles. The standard InChI is InChI=1S/C17H16ClNOS/c1-10-3-4-11(2)13(7-10)17-14-8-12(18)5-6-15(14)19-16(20)9-21-17/h3-8,17H,9H2,1-2H3,(H,19,20). The van der Waals surface area contributed by atoms with Crippen LogP contribution in [-0.4, -0.2) is 11.7 Å². The molecular formula is C17H16ClNOS. The number of hydrogen-bond donors (Lipinski definition) is 1. The molecule has 1 amide bonds. The number of nitrogens with one attached hydrogen (secondary N) is 1. The van der Waals surface area contributed by atoms with Gasteiger partial charge in [-0.3, -0.25) is 4.79 Å². The van der Waals surface area contributed by atoms with Crippen LogP contribution < -0.4 is 5.32 Å². The van der Waals surface area contributed by atoms with Crippen molar-refractivity contribution in [2.45, 2.75) is 19.1 Å². The van der Waals surface area contributed by atoms with Gasteiger partial charge in [0.1, 0.15) is 0 Å². The van der Waals surface area contributed by atoms with Gasteiger partial charge in [-0.2, -0.15) is 0 Å². The summed E-state index contributed by atoms with van der Waals surface area (Å²) in [5.74, 6) is 0.487. The Labute approximate surface area is 133 Å². The molecule has 2 aromatic carbocycles. The average molecular weight is 318 g/mol. The normalized spacial score (nSPS) is 17.9. The van der Waals surface area contributed by atoms with E-state index in [1.807, 2.05) is 18.2 Å². The number of halogens is 1. The number of carbonyl (C=O) groups is 1. The second-order valence-corrected chi connectivity index (χ2v) is 6.86. The van der Waals surface area contributed by atoms with Crippen LogP contribution in [0.4, 0.5) is 5.69 Å². The van der Waals surface area contributed by atoms with Crippen molar-refractivity contribution in [3.63, 3.8) is 0 Å².